The number of rotatable bonds is 6. The molecule has 3 nitrogen and oxygen atoms in total. The van der Waals surface area contributed by atoms with Crippen molar-refractivity contribution >= 4 is 5.97 Å². The summed E-state index contributed by atoms with van der Waals surface area (Å²) in [6, 6.07) is 4.92. The highest BCUT2D eigenvalue weighted by Crippen LogP contribution is 2.21. The molecule has 0 aliphatic heterocycles. The largest absolute Gasteiger partial charge is 0.493 e. The van der Waals surface area contributed by atoms with E-state index in [2.05, 4.69) is 6.58 Å². The molecule has 0 aromatic heterocycles. The molecular formula is C13H16O3. The molecule has 1 rings (SSSR count). The van der Waals surface area contributed by atoms with Crippen LogP contribution in [0.15, 0.2) is 30.9 Å². The number of hydrogen-bond acceptors (Lipinski definition) is 2. The zero-order valence-corrected chi connectivity index (χ0v) is 9.40. The van der Waals surface area contributed by atoms with Gasteiger partial charge in [-0.15, -0.1) is 6.58 Å². The fourth-order valence-corrected chi connectivity index (χ4v) is 1.36. The second-order valence-corrected chi connectivity index (χ2v) is 3.47. The Morgan fingerprint density at radius 2 is 2.31 bits per heavy atom. The zero-order valence-electron chi connectivity index (χ0n) is 9.40. The summed E-state index contributed by atoms with van der Waals surface area (Å²) in [5.74, 6) is -0.298. The van der Waals surface area contributed by atoms with Crippen molar-refractivity contribution in [3.05, 3.63) is 42.0 Å². The van der Waals surface area contributed by atoms with E-state index in [-0.39, 0.29) is 5.56 Å². The van der Waals surface area contributed by atoms with Crippen molar-refractivity contribution in [2.24, 2.45) is 0 Å². The Morgan fingerprint density at radius 1 is 1.56 bits per heavy atom. The van der Waals surface area contributed by atoms with Crippen LogP contribution in [0.5, 0.6) is 5.75 Å². The van der Waals surface area contributed by atoms with Crippen LogP contribution in [0.25, 0.3) is 0 Å². The first kappa shape index (κ1) is 12.3. The highest BCUT2D eigenvalue weighted by atomic mass is 16.5. The molecule has 0 atom stereocenters. The van der Waals surface area contributed by atoms with Crippen LogP contribution in [-0.2, 0) is 6.42 Å². The number of carboxylic acids is 1. The van der Waals surface area contributed by atoms with Gasteiger partial charge in [-0.05, 0) is 30.5 Å². The first-order valence-electron chi connectivity index (χ1n) is 5.29. The van der Waals surface area contributed by atoms with E-state index < -0.39 is 5.97 Å². The lowest BCUT2D eigenvalue weighted by atomic mass is 10.1. The normalized spacial score (nSPS) is 9.81. The highest BCUT2D eigenvalue weighted by Gasteiger charge is 2.08. The predicted octanol–water partition coefficient (Wildman–Crippen LogP) is 2.90. The van der Waals surface area contributed by atoms with Gasteiger partial charge in [-0.1, -0.05) is 19.1 Å². The maximum absolute atomic E-state index is 10.8. The third-order valence-corrected chi connectivity index (χ3v) is 2.14. The predicted molar refractivity (Wildman–Crippen MR) is 63.1 cm³/mol. The topological polar surface area (TPSA) is 46.5 Å². The van der Waals surface area contributed by atoms with E-state index >= 15 is 0 Å². The van der Waals surface area contributed by atoms with Gasteiger partial charge in [0.25, 0.3) is 0 Å². The van der Waals surface area contributed by atoms with Gasteiger partial charge in [0.15, 0.2) is 0 Å². The molecule has 0 spiro atoms. The molecule has 0 aliphatic rings. The van der Waals surface area contributed by atoms with E-state index in [0.29, 0.717) is 18.8 Å². The van der Waals surface area contributed by atoms with Crippen LogP contribution in [-0.4, -0.2) is 17.7 Å². The van der Waals surface area contributed by atoms with E-state index in [1.54, 1.807) is 24.3 Å². The molecule has 0 amide bonds. The van der Waals surface area contributed by atoms with Crippen LogP contribution in [0.2, 0.25) is 0 Å². The first-order valence-corrected chi connectivity index (χ1v) is 5.29. The van der Waals surface area contributed by atoms with Gasteiger partial charge >= 0.3 is 5.97 Å². The van der Waals surface area contributed by atoms with Gasteiger partial charge in [0, 0.05) is 0 Å². The molecular weight excluding hydrogens is 204 g/mol. The Labute approximate surface area is 95.4 Å². The summed E-state index contributed by atoms with van der Waals surface area (Å²) in [5, 5.41) is 8.88. The number of carboxylic acid groups (broad SMARTS) is 1. The molecule has 0 fully saturated rings. The Balaban J connectivity index is 2.99. The number of carbonyl (C=O) groups is 1. The summed E-state index contributed by atoms with van der Waals surface area (Å²) in [6.07, 6.45) is 3.35. The number of aromatic carboxylic acids is 1. The van der Waals surface area contributed by atoms with Crippen LogP contribution < -0.4 is 4.74 Å². The second kappa shape index (κ2) is 5.95. The van der Waals surface area contributed by atoms with Gasteiger partial charge in [-0.25, -0.2) is 4.79 Å². The molecule has 0 heterocycles. The van der Waals surface area contributed by atoms with Crippen molar-refractivity contribution in [1.82, 2.24) is 0 Å². The molecule has 0 bridgehead atoms. The minimum atomic E-state index is -0.938. The molecule has 0 unspecified atom stereocenters. The molecule has 1 aromatic carbocycles. The SMILES string of the molecule is C=CCc1ccc(C(=O)O)cc1OCCC. The van der Waals surface area contributed by atoms with Crippen LogP contribution in [0, 0.1) is 0 Å². The number of hydrogen-bond donors (Lipinski definition) is 1. The quantitative estimate of drug-likeness (QED) is 0.750. The number of benzene rings is 1. The number of ether oxygens (including phenoxy) is 1. The smallest absolute Gasteiger partial charge is 0.335 e. The fourth-order valence-electron chi connectivity index (χ4n) is 1.36. The molecule has 1 aromatic rings. The van der Waals surface area contributed by atoms with Crippen molar-refractivity contribution < 1.29 is 14.6 Å². The zero-order chi connectivity index (χ0) is 12.0. The lowest BCUT2D eigenvalue weighted by Crippen LogP contribution is -2.02. The van der Waals surface area contributed by atoms with E-state index in [1.807, 2.05) is 6.92 Å². The van der Waals surface area contributed by atoms with Crippen molar-refractivity contribution in [3.8, 4) is 5.75 Å². The van der Waals surface area contributed by atoms with Gasteiger partial charge in [0.2, 0.25) is 0 Å². The molecule has 16 heavy (non-hydrogen) atoms. The summed E-state index contributed by atoms with van der Waals surface area (Å²) in [7, 11) is 0. The molecule has 86 valence electrons. The van der Waals surface area contributed by atoms with Gasteiger partial charge in [-0.2, -0.15) is 0 Å². The number of allylic oxidation sites excluding steroid dienone is 1. The maximum atomic E-state index is 10.8. The van der Waals surface area contributed by atoms with Crippen molar-refractivity contribution in [2.45, 2.75) is 19.8 Å². The maximum Gasteiger partial charge on any atom is 0.335 e. The van der Waals surface area contributed by atoms with Gasteiger partial charge in [0.1, 0.15) is 5.75 Å². The molecule has 3 heteroatoms. The third kappa shape index (κ3) is 3.12. The van der Waals surface area contributed by atoms with E-state index in [1.165, 1.54) is 0 Å². The van der Waals surface area contributed by atoms with Gasteiger partial charge < -0.3 is 9.84 Å². The van der Waals surface area contributed by atoms with Crippen molar-refractivity contribution in [2.75, 3.05) is 6.61 Å². The minimum Gasteiger partial charge on any atom is -0.493 e. The Bertz CT molecular complexity index is 383. The van der Waals surface area contributed by atoms with E-state index in [4.69, 9.17) is 9.84 Å². The minimum absolute atomic E-state index is 0.249. The molecule has 0 saturated heterocycles. The van der Waals surface area contributed by atoms with Gasteiger partial charge in [0.05, 0.1) is 12.2 Å². The summed E-state index contributed by atoms with van der Waals surface area (Å²) in [4.78, 5) is 10.8. The lowest BCUT2D eigenvalue weighted by Gasteiger charge is -2.10. The van der Waals surface area contributed by atoms with Crippen molar-refractivity contribution in [1.29, 1.82) is 0 Å². The average Bonchev–Trinajstić information content (AvgIpc) is 2.27. The summed E-state index contributed by atoms with van der Waals surface area (Å²) in [6.45, 7) is 6.26. The fraction of sp³-hybridized carbons (Fsp3) is 0.308. The van der Waals surface area contributed by atoms with Gasteiger partial charge in [-0.3, -0.25) is 0 Å². The third-order valence-electron chi connectivity index (χ3n) is 2.14. The highest BCUT2D eigenvalue weighted by molar-refractivity contribution is 5.88. The van der Waals surface area contributed by atoms with Crippen molar-refractivity contribution in [3.63, 3.8) is 0 Å². The van der Waals surface area contributed by atoms with E-state index in [9.17, 15) is 4.79 Å². The Morgan fingerprint density at radius 3 is 2.88 bits per heavy atom. The standard InChI is InChI=1S/C13H16O3/c1-3-5-10-6-7-11(13(14)15)9-12(10)16-8-4-2/h3,6-7,9H,1,4-5,8H2,2H3,(H,14,15). The lowest BCUT2D eigenvalue weighted by molar-refractivity contribution is 0.0696. The first-order chi connectivity index (χ1) is 7.69. The Hall–Kier alpha value is -1.77. The molecule has 0 aliphatic carbocycles. The summed E-state index contributed by atoms with van der Waals surface area (Å²) in [5.41, 5.74) is 1.22. The van der Waals surface area contributed by atoms with Crippen LogP contribution in [0.4, 0.5) is 0 Å². The van der Waals surface area contributed by atoms with Crippen LogP contribution in [0.1, 0.15) is 29.3 Å². The van der Waals surface area contributed by atoms with Crippen LogP contribution in [0.3, 0.4) is 0 Å². The second-order valence-electron chi connectivity index (χ2n) is 3.47. The Kier molecular flexibility index (Phi) is 4.58. The van der Waals surface area contributed by atoms with Crippen LogP contribution >= 0.6 is 0 Å². The molecule has 0 saturated carbocycles. The average molecular weight is 220 g/mol. The summed E-state index contributed by atoms with van der Waals surface area (Å²) < 4.78 is 5.52. The molecule has 1 N–H and O–H groups in total. The monoisotopic (exact) mass is 220 g/mol. The summed E-state index contributed by atoms with van der Waals surface area (Å²) >= 11 is 0. The molecule has 0 radical (unpaired) electrons. The van der Waals surface area contributed by atoms with E-state index in [0.717, 1.165) is 12.0 Å².